The second-order valence-corrected chi connectivity index (χ2v) is 10.8. The summed E-state index contributed by atoms with van der Waals surface area (Å²) in [6, 6.07) is 23.0. The molecule has 2 unspecified atom stereocenters. The molecule has 35 heavy (non-hydrogen) atoms. The van der Waals surface area contributed by atoms with Crippen molar-refractivity contribution in [2.45, 2.75) is 24.7 Å². The molecule has 6 rings (SSSR count). The lowest BCUT2D eigenvalue weighted by Gasteiger charge is -2.34. The highest BCUT2D eigenvalue weighted by Crippen LogP contribution is 2.37. The van der Waals surface area contributed by atoms with Crippen molar-refractivity contribution >= 4 is 28.1 Å². The zero-order chi connectivity index (χ0) is 23.6. The summed E-state index contributed by atoms with van der Waals surface area (Å²) in [6.07, 6.45) is 4.19. The number of likely N-dealkylation sites (tertiary alicyclic amines) is 2. The Balaban J connectivity index is 1.18. The Morgan fingerprint density at radius 2 is 1.71 bits per heavy atom. The lowest BCUT2D eigenvalue weighted by Crippen LogP contribution is -2.38. The minimum absolute atomic E-state index is 0.133. The van der Waals surface area contributed by atoms with E-state index in [-0.39, 0.29) is 5.91 Å². The van der Waals surface area contributed by atoms with Gasteiger partial charge in [0.15, 0.2) is 0 Å². The van der Waals surface area contributed by atoms with Crippen molar-refractivity contribution < 1.29 is 4.79 Å². The number of carbonyl (C=O) groups excluding carboxylic acids is 1. The highest BCUT2D eigenvalue weighted by Gasteiger charge is 2.38. The first-order chi connectivity index (χ1) is 17.3. The summed E-state index contributed by atoms with van der Waals surface area (Å²) in [5, 5.41) is 5.38. The van der Waals surface area contributed by atoms with E-state index in [0.29, 0.717) is 17.8 Å². The highest BCUT2D eigenvalue weighted by molar-refractivity contribution is 7.08. The molecule has 4 heterocycles. The Bertz CT molecular complexity index is 1280. The Morgan fingerprint density at radius 3 is 2.51 bits per heavy atom. The van der Waals surface area contributed by atoms with E-state index in [1.165, 1.54) is 24.0 Å². The molecule has 0 N–H and O–H groups in total. The van der Waals surface area contributed by atoms with Crippen molar-refractivity contribution in [1.29, 1.82) is 0 Å². The number of thiophene rings is 1. The smallest absolute Gasteiger partial charge is 0.254 e. The third kappa shape index (κ3) is 4.63. The van der Waals surface area contributed by atoms with Crippen LogP contribution in [0.15, 0.2) is 83.7 Å². The SMILES string of the molecule is O=C(c1ccnc2ccccc12)N1CC(CN2CCC(c3ccccc3)CC2)C(c2ccsc2)C1. The van der Waals surface area contributed by atoms with E-state index in [4.69, 9.17) is 0 Å². The standard InChI is InChI=1S/C30H31N3OS/c34-30(27-10-14-31-29-9-5-4-8-26(27)29)33-19-25(28(20-33)24-13-17-35-21-24)18-32-15-11-23(12-16-32)22-6-2-1-3-7-22/h1-10,13-14,17,21,23,25,28H,11-12,15-16,18-20H2. The molecular weight excluding hydrogens is 450 g/mol. The molecule has 2 atom stereocenters. The molecule has 0 saturated carbocycles. The minimum Gasteiger partial charge on any atom is -0.338 e. The van der Waals surface area contributed by atoms with Crippen LogP contribution in [0.25, 0.3) is 10.9 Å². The number of para-hydroxylation sites is 1. The number of piperidine rings is 1. The van der Waals surface area contributed by atoms with Gasteiger partial charge in [-0.1, -0.05) is 48.5 Å². The Hall–Kier alpha value is -3.02. The molecule has 0 bridgehead atoms. The zero-order valence-electron chi connectivity index (χ0n) is 19.9. The van der Waals surface area contributed by atoms with Crippen LogP contribution >= 0.6 is 11.3 Å². The Morgan fingerprint density at radius 1 is 0.914 bits per heavy atom. The van der Waals surface area contributed by atoms with Crippen molar-refractivity contribution in [2.75, 3.05) is 32.7 Å². The van der Waals surface area contributed by atoms with Gasteiger partial charge in [0.1, 0.15) is 0 Å². The number of benzene rings is 2. The number of pyridine rings is 1. The van der Waals surface area contributed by atoms with Crippen LogP contribution in [0.4, 0.5) is 0 Å². The van der Waals surface area contributed by atoms with Gasteiger partial charge in [0.25, 0.3) is 5.91 Å². The summed E-state index contributed by atoms with van der Waals surface area (Å²) in [6.45, 7) is 4.93. The van der Waals surface area contributed by atoms with Gasteiger partial charge >= 0.3 is 0 Å². The van der Waals surface area contributed by atoms with E-state index in [1.54, 1.807) is 17.5 Å². The third-order valence-corrected chi connectivity index (χ3v) is 8.63. The first kappa shape index (κ1) is 22.4. The first-order valence-corrected chi connectivity index (χ1v) is 13.6. The Kier molecular flexibility index (Phi) is 6.36. The van der Waals surface area contributed by atoms with E-state index in [0.717, 1.165) is 49.2 Å². The fraction of sp³-hybridized carbons (Fsp3) is 0.333. The van der Waals surface area contributed by atoms with E-state index in [1.807, 2.05) is 30.3 Å². The van der Waals surface area contributed by atoms with Crippen LogP contribution in [0, 0.1) is 5.92 Å². The van der Waals surface area contributed by atoms with Crippen molar-refractivity contribution in [2.24, 2.45) is 5.92 Å². The summed E-state index contributed by atoms with van der Waals surface area (Å²) in [4.78, 5) is 22.9. The normalized spacial score (nSPS) is 21.5. The predicted molar refractivity (Wildman–Crippen MR) is 143 cm³/mol. The Labute approximate surface area is 211 Å². The van der Waals surface area contributed by atoms with Gasteiger partial charge in [-0.25, -0.2) is 0 Å². The van der Waals surface area contributed by atoms with Crippen molar-refractivity contribution in [3.8, 4) is 0 Å². The summed E-state index contributed by atoms with van der Waals surface area (Å²) < 4.78 is 0. The van der Waals surface area contributed by atoms with Crippen LogP contribution in [0.5, 0.6) is 0 Å². The van der Waals surface area contributed by atoms with Crippen LogP contribution in [0.1, 0.15) is 46.2 Å². The molecule has 4 nitrogen and oxygen atoms in total. The number of hydrogen-bond donors (Lipinski definition) is 0. The van der Waals surface area contributed by atoms with E-state index in [9.17, 15) is 4.79 Å². The first-order valence-electron chi connectivity index (χ1n) is 12.7. The summed E-state index contributed by atoms with van der Waals surface area (Å²) >= 11 is 1.76. The van der Waals surface area contributed by atoms with E-state index >= 15 is 0 Å². The molecule has 2 saturated heterocycles. The quantitative estimate of drug-likeness (QED) is 0.349. The highest BCUT2D eigenvalue weighted by atomic mass is 32.1. The monoisotopic (exact) mass is 481 g/mol. The predicted octanol–water partition coefficient (Wildman–Crippen LogP) is 6.03. The summed E-state index contributed by atoms with van der Waals surface area (Å²) in [5.74, 6) is 1.65. The molecule has 2 aromatic heterocycles. The number of nitrogens with zero attached hydrogens (tertiary/aromatic N) is 3. The van der Waals surface area contributed by atoms with Crippen molar-refractivity contribution in [3.63, 3.8) is 0 Å². The van der Waals surface area contributed by atoms with Gasteiger partial charge in [-0.3, -0.25) is 9.78 Å². The number of fused-ring (bicyclic) bond motifs is 1. The molecule has 0 aliphatic carbocycles. The number of aromatic nitrogens is 1. The maximum Gasteiger partial charge on any atom is 0.254 e. The second-order valence-electron chi connectivity index (χ2n) is 9.99. The van der Waals surface area contributed by atoms with E-state index < -0.39 is 0 Å². The van der Waals surface area contributed by atoms with Gasteiger partial charge < -0.3 is 9.80 Å². The van der Waals surface area contributed by atoms with Crippen LogP contribution in [-0.2, 0) is 0 Å². The van der Waals surface area contributed by atoms with Crippen LogP contribution < -0.4 is 0 Å². The number of rotatable bonds is 5. The maximum absolute atomic E-state index is 13.7. The molecule has 2 aromatic carbocycles. The fourth-order valence-electron chi connectivity index (χ4n) is 6.04. The minimum atomic E-state index is 0.133. The lowest BCUT2D eigenvalue weighted by atomic mass is 9.87. The molecule has 0 radical (unpaired) electrons. The fourth-order valence-corrected chi connectivity index (χ4v) is 6.77. The van der Waals surface area contributed by atoms with Gasteiger partial charge in [0.05, 0.1) is 11.1 Å². The largest absolute Gasteiger partial charge is 0.338 e. The van der Waals surface area contributed by atoms with Crippen LogP contribution in [0.3, 0.4) is 0 Å². The molecule has 2 aliphatic rings. The van der Waals surface area contributed by atoms with Crippen LogP contribution in [-0.4, -0.2) is 53.4 Å². The average molecular weight is 482 g/mol. The van der Waals surface area contributed by atoms with Crippen molar-refractivity contribution in [3.05, 3.63) is 100 Å². The topological polar surface area (TPSA) is 36.4 Å². The number of carbonyl (C=O) groups is 1. The summed E-state index contributed by atoms with van der Waals surface area (Å²) in [5.41, 5.74) is 4.51. The lowest BCUT2D eigenvalue weighted by molar-refractivity contribution is 0.0783. The molecule has 2 fully saturated rings. The second kappa shape index (κ2) is 9.92. The van der Waals surface area contributed by atoms with E-state index in [2.05, 4.69) is 61.9 Å². The molecular formula is C30H31N3OS. The van der Waals surface area contributed by atoms with Crippen molar-refractivity contribution in [1.82, 2.24) is 14.8 Å². The molecule has 2 aliphatic heterocycles. The molecule has 0 spiro atoms. The van der Waals surface area contributed by atoms with Gasteiger partial charge in [0.2, 0.25) is 0 Å². The maximum atomic E-state index is 13.7. The van der Waals surface area contributed by atoms with Gasteiger partial charge in [-0.05, 0) is 77.9 Å². The molecule has 178 valence electrons. The molecule has 1 amide bonds. The zero-order valence-corrected chi connectivity index (χ0v) is 20.7. The average Bonchev–Trinajstić information content (AvgIpc) is 3.59. The summed E-state index contributed by atoms with van der Waals surface area (Å²) in [7, 11) is 0. The molecule has 5 heteroatoms. The molecule has 4 aromatic rings. The third-order valence-electron chi connectivity index (χ3n) is 7.93. The van der Waals surface area contributed by atoms with Gasteiger partial charge in [-0.15, -0.1) is 0 Å². The van der Waals surface area contributed by atoms with Crippen LogP contribution in [0.2, 0.25) is 0 Å². The number of amides is 1. The number of hydrogen-bond acceptors (Lipinski definition) is 4. The van der Waals surface area contributed by atoms with Gasteiger partial charge in [0, 0.05) is 37.1 Å². The van der Waals surface area contributed by atoms with Gasteiger partial charge in [-0.2, -0.15) is 11.3 Å².